The lowest BCUT2D eigenvalue weighted by Gasteiger charge is -2.31. The van der Waals surface area contributed by atoms with E-state index < -0.39 is 0 Å². The van der Waals surface area contributed by atoms with Gasteiger partial charge in [-0.05, 0) is 70.6 Å². The predicted molar refractivity (Wildman–Crippen MR) is 81.3 cm³/mol. The lowest BCUT2D eigenvalue weighted by atomic mass is 9.98. The zero-order valence-electron chi connectivity index (χ0n) is 13.1. The molecular formula is C17H29N3. The van der Waals surface area contributed by atoms with Crippen LogP contribution in [0.3, 0.4) is 0 Å². The van der Waals surface area contributed by atoms with E-state index in [0.717, 1.165) is 24.7 Å². The van der Waals surface area contributed by atoms with Crippen LogP contribution in [0.5, 0.6) is 0 Å². The van der Waals surface area contributed by atoms with Gasteiger partial charge in [-0.1, -0.05) is 0 Å². The van der Waals surface area contributed by atoms with Gasteiger partial charge in [-0.15, -0.1) is 0 Å². The van der Waals surface area contributed by atoms with Gasteiger partial charge in [0.05, 0.1) is 6.07 Å². The van der Waals surface area contributed by atoms with Crippen LogP contribution < -0.4 is 5.32 Å². The number of nitrogens with zero attached hydrogens (tertiary/aromatic N) is 2. The monoisotopic (exact) mass is 275 g/mol. The zero-order valence-corrected chi connectivity index (χ0v) is 13.1. The number of hydrogen-bond donors (Lipinski definition) is 1. The van der Waals surface area contributed by atoms with Gasteiger partial charge < -0.3 is 0 Å². The summed E-state index contributed by atoms with van der Waals surface area (Å²) in [6.45, 7) is 6.89. The number of nitriles is 1. The van der Waals surface area contributed by atoms with E-state index in [-0.39, 0.29) is 5.54 Å². The summed E-state index contributed by atoms with van der Waals surface area (Å²) in [5, 5.41) is 13.2. The van der Waals surface area contributed by atoms with Crippen LogP contribution >= 0.6 is 0 Å². The van der Waals surface area contributed by atoms with Crippen LogP contribution in [0.2, 0.25) is 0 Å². The maximum Gasteiger partial charge on any atom is 0.108 e. The standard InChI is InChI=1S/C17H29N3/c1-13(2)19-17(12-18)8-7-16(9-17)20(10-14-3-4-14)11-15-5-6-15/h13-16,19H,3-11H2,1-2H3. The Morgan fingerprint density at radius 3 is 2.20 bits per heavy atom. The van der Waals surface area contributed by atoms with Crippen LogP contribution in [-0.2, 0) is 0 Å². The lowest BCUT2D eigenvalue weighted by molar-refractivity contribution is 0.175. The largest absolute Gasteiger partial charge is 0.300 e. The highest BCUT2D eigenvalue weighted by Crippen LogP contribution is 2.39. The van der Waals surface area contributed by atoms with Gasteiger partial charge in [0.15, 0.2) is 0 Å². The van der Waals surface area contributed by atoms with Gasteiger partial charge >= 0.3 is 0 Å². The second kappa shape index (κ2) is 5.66. The molecule has 3 nitrogen and oxygen atoms in total. The first-order valence-corrected chi connectivity index (χ1v) is 8.53. The van der Waals surface area contributed by atoms with Crippen molar-refractivity contribution < 1.29 is 0 Å². The minimum atomic E-state index is -0.260. The maximum absolute atomic E-state index is 9.62. The summed E-state index contributed by atoms with van der Waals surface area (Å²) in [6, 6.07) is 3.63. The van der Waals surface area contributed by atoms with Crippen LogP contribution in [0.1, 0.15) is 58.8 Å². The molecule has 112 valence electrons. The van der Waals surface area contributed by atoms with E-state index in [1.807, 2.05) is 0 Å². The molecule has 0 bridgehead atoms. The Balaban J connectivity index is 1.61. The molecule has 20 heavy (non-hydrogen) atoms. The SMILES string of the molecule is CC(C)NC1(C#N)CCC(N(CC2CC2)CC2CC2)C1. The molecule has 0 amide bonds. The summed E-state index contributed by atoms with van der Waals surface area (Å²) in [4.78, 5) is 2.75. The lowest BCUT2D eigenvalue weighted by Crippen LogP contribution is -2.47. The molecule has 0 radical (unpaired) electrons. The Morgan fingerprint density at radius 1 is 1.15 bits per heavy atom. The van der Waals surface area contributed by atoms with Crippen LogP contribution in [-0.4, -0.2) is 35.6 Å². The van der Waals surface area contributed by atoms with Gasteiger partial charge in [-0.2, -0.15) is 5.26 Å². The molecule has 2 unspecified atom stereocenters. The summed E-state index contributed by atoms with van der Waals surface area (Å²) < 4.78 is 0. The first-order chi connectivity index (χ1) is 9.60. The predicted octanol–water partition coefficient (Wildman–Crippen LogP) is 2.92. The van der Waals surface area contributed by atoms with Crippen molar-refractivity contribution in [3.8, 4) is 6.07 Å². The molecule has 3 aliphatic carbocycles. The van der Waals surface area contributed by atoms with Gasteiger partial charge in [0.25, 0.3) is 0 Å². The molecular weight excluding hydrogens is 246 g/mol. The van der Waals surface area contributed by atoms with E-state index >= 15 is 0 Å². The summed E-state index contributed by atoms with van der Waals surface area (Å²) in [6.07, 6.45) is 8.98. The van der Waals surface area contributed by atoms with Crippen molar-refractivity contribution in [3.63, 3.8) is 0 Å². The summed E-state index contributed by atoms with van der Waals surface area (Å²) in [5.41, 5.74) is -0.260. The van der Waals surface area contributed by atoms with Crippen molar-refractivity contribution in [3.05, 3.63) is 0 Å². The molecule has 0 aromatic rings. The van der Waals surface area contributed by atoms with Crippen LogP contribution in [0, 0.1) is 23.2 Å². The minimum Gasteiger partial charge on any atom is -0.300 e. The fourth-order valence-electron chi connectivity index (χ4n) is 3.79. The molecule has 0 saturated heterocycles. The van der Waals surface area contributed by atoms with E-state index in [2.05, 4.69) is 30.1 Å². The van der Waals surface area contributed by atoms with Crippen molar-refractivity contribution in [2.45, 2.75) is 76.4 Å². The fourth-order valence-corrected chi connectivity index (χ4v) is 3.79. The van der Waals surface area contributed by atoms with E-state index in [1.54, 1.807) is 0 Å². The molecule has 2 atom stereocenters. The van der Waals surface area contributed by atoms with E-state index in [1.165, 1.54) is 45.2 Å². The smallest absolute Gasteiger partial charge is 0.108 e. The second-order valence-corrected chi connectivity index (χ2v) is 7.73. The van der Waals surface area contributed by atoms with Crippen molar-refractivity contribution in [1.29, 1.82) is 5.26 Å². The highest BCUT2D eigenvalue weighted by Gasteiger charge is 2.43. The first kappa shape index (κ1) is 14.4. The third kappa shape index (κ3) is 3.54. The average Bonchev–Trinajstić information content (AvgIpc) is 3.31. The van der Waals surface area contributed by atoms with Crippen molar-refractivity contribution in [1.82, 2.24) is 10.2 Å². The van der Waals surface area contributed by atoms with Gasteiger partial charge in [0.2, 0.25) is 0 Å². The van der Waals surface area contributed by atoms with Gasteiger partial charge in [-0.3, -0.25) is 10.2 Å². The van der Waals surface area contributed by atoms with Crippen molar-refractivity contribution >= 4 is 0 Å². The van der Waals surface area contributed by atoms with E-state index in [9.17, 15) is 5.26 Å². The summed E-state index contributed by atoms with van der Waals surface area (Å²) in [7, 11) is 0. The van der Waals surface area contributed by atoms with Gasteiger partial charge in [-0.25, -0.2) is 0 Å². The third-order valence-electron chi connectivity index (χ3n) is 5.16. The number of hydrogen-bond acceptors (Lipinski definition) is 3. The molecule has 3 heteroatoms. The number of rotatable bonds is 7. The minimum absolute atomic E-state index is 0.260. The van der Waals surface area contributed by atoms with E-state index in [0.29, 0.717) is 12.1 Å². The Morgan fingerprint density at radius 2 is 1.75 bits per heavy atom. The van der Waals surface area contributed by atoms with Gasteiger partial charge in [0.1, 0.15) is 5.54 Å². The third-order valence-corrected chi connectivity index (χ3v) is 5.16. The molecule has 3 rings (SSSR count). The topological polar surface area (TPSA) is 39.1 Å². The number of nitrogens with one attached hydrogen (secondary N) is 1. The van der Waals surface area contributed by atoms with Crippen LogP contribution in [0.4, 0.5) is 0 Å². The highest BCUT2D eigenvalue weighted by molar-refractivity contribution is 5.14. The van der Waals surface area contributed by atoms with Crippen LogP contribution in [0.25, 0.3) is 0 Å². The zero-order chi connectivity index (χ0) is 14.2. The first-order valence-electron chi connectivity index (χ1n) is 8.53. The molecule has 3 aliphatic rings. The van der Waals surface area contributed by atoms with Crippen molar-refractivity contribution in [2.24, 2.45) is 11.8 Å². The fraction of sp³-hybridized carbons (Fsp3) is 0.941. The van der Waals surface area contributed by atoms with Gasteiger partial charge in [0, 0.05) is 25.2 Å². The summed E-state index contributed by atoms with van der Waals surface area (Å²) in [5.74, 6) is 1.92. The maximum atomic E-state index is 9.62. The second-order valence-electron chi connectivity index (χ2n) is 7.73. The molecule has 0 aliphatic heterocycles. The highest BCUT2D eigenvalue weighted by atomic mass is 15.2. The molecule has 1 N–H and O–H groups in total. The normalized spacial score (nSPS) is 33.9. The Hall–Kier alpha value is -0.590. The molecule has 3 fully saturated rings. The average molecular weight is 275 g/mol. The van der Waals surface area contributed by atoms with Crippen LogP contribution in [0.15, 0.2) is 0 Å². The molecule has 3 saturated carbocycles. The Labute approximate surface area is 123 Å². The molecule has 0 aromatic carbocycles. The quantitative estimate of drug-likeness (QED) is 0.776. The summed E-state index contributed by atoms with van der Waals surface area (Å²) >= 11 is 0. The molecule has 0 heterocycles. The molecule has 0 spiro atoms. The van der Waals surface area contributed by atoms with E-state index in [4.69, 9.17) is 0 Å². The van der Waals surface area contributed by atoms with Crippen molar-refractivity contribution in [2.75, 3.05) is 13.1 Å². The Bertz CT molecular complexity index is 364. The molecule has 0 aromatic heterocycles. The Kier molecular flexibility index (Phi) is 4.06.